The van der Waals surface area contributed by atoms with E-state index < -0.39 is 29.0 Å². The number of thiocarbonyl (C=S) groups is 2. The van der Waals surface area contributed by atoms with E-state index in [-0.39, 0.29) is 72.0 Å². The molecule has 6 nitrogen and oxygen atoms in total. The van der Waals surface area contributed by atoms with Gasteiger partial charge in [0.2, 0.25) is 0 Å². The maximum Gasteiger partial charge on any atom is 1.00 e. The van der Waals surface area contributed by atoms with E-state index in [1.807, 2.05) is 55.1 Å². The maximum absolute atomic E-state index is 12.5. The van der Waals surface area contributed by atoms with E-state index in [1.165, 1.54) is 11.8 Å². The van der Waals surface area contributed by atoms with Crippen molar-refractivity contribution in [1.29, 1.82) is 0 Å². The molecular weight excluding hydrogens is 651 g/mol. The molecule has 0 saturated carbocycles. The molecule has 3 unspecified atom stereocenters. The Kier molecular flexibility index (Phi) is 22.8. The third-order valence-corrected chi connectivity index (χ3v) is 10.6. The molecule has 2 rings (SSSR count). The first-order chi connectivity index (χ1) is 20.1. The summed E-state index contributed by atoms with van der Waals surface area (Å²) in [4.78, 5) is 28.9. The smallest absolute Gasteiger partial charge is 0.550 e. The zero-order valence-corrected chi connectivity index (χ0v) is 34.0. The fourth-order valence-corrected chi connectivity index (χ4v) is 7.78. The minimum atomic E-state index is -1.41. The van der Waals surface area contributed by atoms with Gasteiger partial charge in [-0.3, -0.25) is 0 Å². The van der Waals surface area contributed by atoms with E-state index in [0.29, 0.717) is 28.7 Å². The van der Waals surface area contributed by atoms with E-state index in [4.69, 9.17) is 24.4 Å². The summed E-state index contributed by atoms with van der Waals surface area (Å²) in [5, 5.41) is 24.4. The van der Waals surface area contributed by atoms with Crippen LogP contribution in [0, 0.1) is 11.8 Å². The number of hydrogen-bond donors (Lipinski definition) is 0. The van der Waals surface area contributed by atoms with Crippen LogP contribution >= 0.6 is 48.0 Å². The number of aliphatic carboxylic acids is 2. The Balaban J connectivity index is 0.00000924. The van der Waals surface area contributed by atoms with Crippen LogP contribution in [-0.4, -0.2) is 56.6 Å². The Bertz CT molecular complexity index is 1210. The Labute approximate surface area is 326 Å². The molecule has 0 aliphatic rings. The summed E-state index contributed by atoms with van der Waals surface area (Å²) in [5.74, 6) is -4.67. The van der Waals surface area contributed by atoms with E-state index in [9.17, 15) is 19.8 Å². The van der Waals surface area contributed by atoms with Crippen LogP contribution in [0.5, 0.6) is 0 Å². The molecule has 0 spiro atoms. The molecule has 0 amide bonds. The topological polar surface area (TPSA) is 86.7 Å². The first-order valence-electron chi connectivity index (χ1n) is 14.2. The third kappa shape index (κ3) is 13.8. The molecule has 0 N–H and O–H groups in total. The first kappa shape index (κ1) is 43.6. The fraction of sp³-hybridized carbons (Fsp3) is 0.438. The number of hydrogen-bond acceptors (Lipinski definition) is 8. The number of benzene rings is 2. The van der Waals surface area contributed by atoms with Crippen molar-refractivity contribution >= 4 is 74.6 Å². The van der Waals surface area contributed by atoms with Crippen LogP contribution in [0.4, 0.5) is 0 Å². The molecule has 44 heavy (non-hydrogen) atoms. The maximum atomic E-state index is 12.5. The van der Waals surface area contributed by atoms with Gasteiger partial charge in [-0.15, -0.1) is 0 Å². The number of carbonyl (C=O) groups excluding carboxylic acids is 2. The number of carboxylic acid groups (broad SMARTS) is 2. The van der Waals surface area contributed by atoms with Gasteiger partial charge in [-0.05, 0) is 62.8 Å². The van der Waals surface area contributed by atoms with Crippen molar-refractivity contribution < 1.29 is 78.9 Å². The van der Waals surface area contributed by atoms with E-state index in [2.05, 4.69) is 25.3 Å². The van der Waals surface area contributed by atoms with Gasteiger partial charge in [-0.2, -0.15) is 0 Å². The SMILES string of the molecule is C=Cc1ccc(CC(C(=O)[O-])C(CC(SC(=S)N(CC)CC)c2ccc(CSC(=S)N(CC)CC)cc2)C(=O)[O-])cc1.[Na+].[Na+]. The Morgan fingerprint density at radius 2 is 1.27 bits per heavy atom. The van der Waals surface area contributed by atoms with Gasteiger partial charge >= 0.3 is 59.1 Å². The molecule has 3 atom stereocenters. The molecule has 0 radical (unpaired) electrons. The molecule has 0 aromatic heterocycles. The Morgan fingerprint density at radius 3 is 1.73 bits per heavy atom. The van der Waals surface area contributed by atoms with E-state index in [0.717, 1.165) is 34.1 Å². The predicted molar refractivity (Wildman–Crippen MR) is 181 cm³/mol. The van der Waals surface area contributed by atoms with Gasteiger partial charge in [-0.25, -0.2) is 0 Å². The minimum absolute atomic E-state index is 0. The van der Waals surface area contributed by atoms with Gasteiger partial charge in [0.15, 0.2) is 0 Å². The summed E-state index contributed by atoms with van der Waals surface area (Å²) in [6.07, 6.45) is 1.73. The summed E-state index contributed by atoms with van der Waals surface area (Å²) >= 11 is 14.3. The molecule has 0 aliphatic heterocycles. The van der Waals surface area contributed by atoms with Gasteiger partial charge < -0.3 is 29.6 Å². The predicted octanol–water partition coefficient (Wildman–Crippen LogP) is -1.04. The second-order valence-electron chi connectivity index (χ2n) is 9.75. The number of carbonyl (C=O) groups is 2. The van der Waals surface area contributed by atoms with Crippen molar-refractivity contribution in [2.45, 2.75) is 51.5 Å². The van der Waals surface area contributed by atoms with Crippen LogP contribution in [0.15, 0.2) is 55.1 Å². The third-order valence-electron chi connectivity index (χ3n) is 7.23. The standard InChI is InChI=1S/C32H42N2O4S4.2Na/c1-6-22-11-13-23(14-12-22)19-26(29(35)36)27(30(37)38)20-28(42-32(40)34(9-4)10-5)25-17-15-24(16-18-25)21-41-31(39)33(7-2)8-3;;/h6,11-18,26-28H,1,7-10,19-21H2,2-5H3,(H,35,36)(H,37,38);;/q;2*+1/p-2. The molecule has 228 valence electrons. The van der Waals surface area contributed by atoms with Crippen LogP contribution in [0.2, 0.25) is 0 Å². The number of carboxylic acids is 2. The zero-order chi connectivity index (χ0) is 31.2. The molecule has 0 heterocycles. The molecule has 0 saturated heterocycles. The monoisotopic (exact) mass is 690 g/mol. The normalized spacial score (nSPS) is 12.5. The van der Waals surface area contributed by atoms with Crippen molar-refractivity contribution in [2.24, 2.45) is 11.8 Å². The van der Waals surface area contributed by atoms with Crippen molar-refractivity contribution in [3.8, 4) is 0 Å². The zero-order valence-electron chi connectivity index (χ0n) is 26.7. The number of thioether (sulfide) groups is 2. The van der Waals surface area contributed by atoms with Crippen LogP contribution in [0.1, 0.15) is 61.6 Å². The van der Waals surface area contributed by atoms with Gasteiger partial charge in [0.05, 0.1) is 0 Å². The van der Waals surface area contributed by atoms with Crippen molar-refractivity contribution in [3.05, 3.63) is 77.4 Å². The van der Waals surface area contributed by atoms with Crippen molar-refractivity contribution in [2.75, 3.05) is 26.2 Å². The second kappa shape index (κ2) is 23.0. The summed E-state index contributed by atoms with van der Waals surface area (Å²) < 4.78 is 1.49. The second-order valence-corrected chi connectivity index (χ2v) is 13.2. The van der Waals surface area contributed by atoms with Gasteiger partial charge in [0.25, 0.3) is 0 Å². The molecule has 12 heteroatoms. The Hall–Kier alpha value is -0.400. The molecule has 0 bridgehead atoms. The van der Waals surface area contributed by atoms with E-state index in [1.54, 1.807) is 30.0 Å². The van der Waals surface area contributed by atoms with Crippen molar-refractivity contribution in [3.63, 3.8) is 0 Å². The number of rotatable bonds is 16. The quantitative estimate of drug-likeness (QED) is 0.161. The summed E-state index contributed by atoms with van der Waals surface area (Å²) in [6, 6.07) is 15.1. The van der Waals surface area contributed by atoms with Gasteiger partial charge in [0, 0.05) is 61.0 Å². The van der Waals surface area contributed by atoms with Crippen LogP contribution in [0.3, 0.4) is 0 Å². The van der Waals surface area contributed by atoms with Gasteiger partial charge in [-0.1, -0.05) is 109 Å². The summed E-state index contributed by atoms with van der Waals surface area (Å²) in [6.45, 7) is 15.1. The number of nitrogens with zero attached hydrogens (tertiary/aromatic N) is 2. The largest absolute Gasteiger partial charge is 1.00 e. The van der Waals surface area contributed by atoms with Crippen LogP contribution in [0.25, 0.3) is 6.08 Å². The fourth-order valence-electron chi connectivity index (χ4n) is 4.57. The first-order valence-corrected chi connectivity index (χ1v) is 16.9. The minimum Gasteiger partial charge on any atom is -0.550 e. The Morgan fingerprint density at radius 1 is 0.795 bits per heavy atom. The summed E-state index contributed by atoms with van der Waals surface area (Å²) in [7, 11) is 0. The molecule has 2 aromatic carbocycles. The molecule has 0 aliphatic carbocycles. The average Bonchev–Trinajstić information content (AvgIpc) is 2.98. The van der Waals surface area contributed by atoms with Crippen LogP contribution in [-0.2, 0) is 21.8 Å². The van der Waals surface area contributed by atoms with Crippen molar-refractivity contribution in [1.82, 2.24) is 9.80 Å². The molecular formula is C32H40N2Na2O4S4. The average molecular weight is 691 g/mol. The van der Waals surface area contributed by atoms with Gasteiger partial charge in [0.1, 0.15) is 8.64 Å². The van der Waals surface area contributed by atoms with Crippen LogP contribution < -0.4 is 69.3 Å². The molecule has 2 aromatic rings. The summed E-state index contributed by atoms with van der Waals surface area (Å²) in [5.41, 5.74) is 3.54. The van der Waals surface area contributed by atoms with E-state index >= 15 is 0 Å². The molecule has 0 fully saturated rings.